The maximum atomic E-state index is 12.2. The van der Waals surface area contributed by atoms with Gasteiger partial charge in [0, 0.05) is 36.1 Å². The lowest BCUT2D eigenvalue weighted by Gasteiger charge is -2.26. The van der Waals surface area contributed by atoms with Gasteiger partial charge in [-0.2, -0.15) is 0 Å². The summed E-state index contributed by atoms with van der Waals surface area (Å²) in [5.74, 6) is 0.514. The van der Waals surface area contributed by atoms with E-state index >= 15 is 0 Å². The van der Waals surface area contributed by atoms with Gasteiger partial charge in [-0.25, -0.2) is 4.98 Å². The van der Waals surface area contributed by atoms with Crippen molar-refractivity contribution >= 4 is 53.7 Å². The highest BCUT2D eigenvalue weighted by molar-refractivity contribution is 7.17. The van der Waals surface area contributed by atoms with Gasteiger partial charge in [-0.05, 0) is 19.1 Å². The molecular weight excluding hydrogens is 377 g/mol. The molecule has 0 spiro atoms. The molecule has 0 atom stereocenters. The Kier molecular flexibility index (Phi) is 7.77. The molecule has 1 aliphatic heterocycles. The van der Waals surface area contributed by atoms with Crippen molar-refractivity contribution in [1.29, 1.82) is 0 Å². The molecule has 2 heterocycles. The van der Waals surface area contributed by atoms with Crippen LogP contribution in [-0.4, -0.2) is 30.5 Å². The third-order valence-electron chi connectivity index (χ3n) is 3.49. The highest BCUT2D eigenvalue weighted by Crippen LogP contribution is 2.29. The van der Waals surface area contributed by atoms with Gasteiger partial charge >= 0.3 is 0 Å². The number of hydrogen-bond acceptors (Lipinski definition) is 4. The van der Waals surface area contributed by atoms with Crippen molar-refractivity contribution in [3.8, 4) is 10.6 Å². The fourth-order valence-electron chi connectivity index (χ4n) is 2.16. The normalized spacial score (nSPS) is 13.5. The second kappa shape index (κ2) is 8.85. The molecule has 0 saturated carbocycles. The van der Waals surface area contributed by atoms with Gasteiger partial charge in [0.25, 0.3) is 5.91 Å². The topological polar surface area (TPSA) is 54.0 Å². The van der Waals surface area contributed by atoms with Crippen molar-refractivity contribution < 1.29 is 4.79 Å². The van der Waals surface area contributed by atoms with Crippen LogP contribution in [0.5, 0.6) is 0 Å². The van der Waals surface area contributed by atoms with Gasteiger partial charge in [0.2, 0.25) is 0 Å². The van der Waals surface area contributed by atoms with Gasteiger partial charge in [-0.3, -0.25) is 4.79 Å². The molecule has 4 nitrogen and oxygen atoms in total. The first kappa shape index (κ1) is 20.2. The molecule has 0 aliphatic carbocycles. The number of rotatable bonds is 4. The number of carbonyl (C=O) groups excluding carboxylic acids is 1. The number of thiazole rings is 1. The molecule has 1 fully saturated rings. The largest absolute Gasteiger partial charge is 0.351 e. The minimum absolute atomic E-state index is 0. The second-order valence-electron chi connectivity index (χ2n) is 5.18. The van der Waals surface area contributed by atoms with Gasteiger partial charge in [-0.15, -0.1) is 36.2 Å². The van der Waals surface area contributed by atoms with Gasteiger partial charge in [-0.1, -0.05) is 23.7 Å². The Labute approximate surface area is 156 Å². The lowest BCUT2D eigenvalue weighted by molar-refractivity contribution is 0.0945. The van der Waals surface area contributed by atoms with Crippen LogP contribution in [-0.2, 0) is 0 Å². The Morgan fingerprint density at radius 1 is 1.43 bits per heavy atom. The van der Waals surface area contributed by atoms with Crippen LogP contribution in [0.15, 0.2) is 24.3 Å². The summed E-state index contributed by atoms with van der Waals surface area (Å²) in [6.07, 6.45) is 0. The molecule has 126 valence electrons. The van der Waals surface area contributed by atoms with Crippen LogP contribution >= 0.6 is 47.8 Å². The number of halogens is 3. The standard InChI is InChI=1S/C15H16ClN3OS.2ClH/c1-9-13(14(20)18-8-10-6-17-7-10)21-15(19-9)11-3-2-4-12(16)5-11;;/h2-5,10,17H,6-8H2,1H3,(H,18,20);2*1H. The molecule has 1 aliphatic rings. The Hall–Kier alpha value is -0.850. The third-order valence-corrected chi connectivity index (χ3v) is 4.93. The SMILES string of the molecule is Cc1nc(-c2cccc(Cl)c2)sc1C(=O)NCC1CNC1.Cl.Cl. The van der Waals surface area contributed by atoms with E-state index in [-0.39, 0.29) is 30.7 Å². The summed E-state index contributed by atoms with van der Waals surface area (Å²) < 4.78 is 0. The lowest BCUT2D eigenvalue weighted by atomic mass is 10.0. The summed E-state index contributed by atoms with van der Waals surface area (Å²) in [5, 5.41) is 7.67. The van der Waals surface area contributed by atoms with Crippen molar-refractivity contribution in [2.24, 2.45) is 5.92 Å². The first-order valence-electron chi connectivity index (χ1n) is 6.86. The molecule has 23 heavy (non-hydrogen) atoms. The van der Waals surface area contributed by atoms with Gasteiger partial charge in [0.05, 0.1) is 5.69 Å². The zero-order valence-electron chi connectivity index (χ0n) is 12.5. The van der Waals surface area contributed by atoms with Crippen LogP contribution in [0, 0.1) is 12.8 Å². The predicted molar refractivity (Wildman–Crippen MR) is 100 cm³/mol. The number of benzene rings is 1. The molecule has 2 aromatic rings. The Bertz CT molecular complexity index is 674. The summed E-state index contributed by atoms with van der Waals surface area (Å²) in [7, 11) is 0. The Balaban J connectivity index is 0.00000132. The molecule has 0 bridgehead atoms. The summed E-state index contributed by atoms with van der Waals surface area (Å²) in [6.45, 7) is 4.55. The monoisotopic (exact) mass is 393 g/mol. The average molecular weight is 395 g/mol. The highest BCUT2D eigenvalue weighted by atomic mass is 35.5. The maximum absolute atomic E-state index is 12.2. The van der Waals surface area contributed by atoms with E-state index in [1.54, 1.807) is 0 Å². The number of nitrogens with zero attached hydrogens (tertiary/aromatic N) is 1. The maximum Gasteiger partial charge on any atom is 0.263 e. The van der Waals surface area contributed by atoms with Crippen LogP contribution in [0.2, 0.25) is 5.02 Å². The van der Waals surface area contributed by atoms with Gasteiger partial charge in [0.15, 0.2) is 0 Å². The van der Waals surface area contributed by atoms with Crippen molar-refractivity contribution in [2.75, 3.05) is 19.6 Å². The van der Waals surface area contributed by atoms with Crippen molar-refractivity contribution in [2.45, 2.75) is 6.92 Å². The van der Waals surface area contributed by atoms with Crippen LogP contribution in [0.1, 0.15) is 15.4 Å². The molecule has 1 saturated heterocycles. The van der Waals surface area contributed by atoms with Gasteiger partial charge < -0.3 is 10.6 Å². The summed E-state index contributed by atoms with van der Waals surface area (Å²) in [5.41, 5.74) is 1.71. The summed E-state index contributed by atoms with van der Waals surface area (Å²) >= 11 is 7.41. The quantitative estimate of drug-likeness (QED) is 0.833. The molecule has 2 N–H and O–H groups in total. The van der Waals surface area contributed by atoms with E-state index in [1.807, 2.05) is 31.2 Å². The smallest absolute Gasteiger partial charge is 0.263 e. The highest BCUT2D eigenvalue weighted by Gasteiger charge is 2.20. The van der Waals surface area contributed by atoms with Crippen LogP contribution in [0.4, 0.5) is 0 Å². The fraction of sp³-hybridized carbons (Fsp3) is 0.333. The molecule has 1 aromatic heterocycles. The average Bonchev–Trinajstić information content (AvgIpc) is 2.79. The number of hydrogen-bond donors (Lipinski definition) is 2. The van der Waals surface area contributed by atoms with Crippen molar-refractivity contribution in [3.63, 3.8) is 0 Å². The molecule has 0 unspecified atom stereocenters. The number of nitrogens with one attached hydrogen (secondary N) is 2. The molecule has 3 rings (SSSR count). The first-order valence-corrected chi connectivity index (χ1v) is 8.05. The van der Waals surface area contributed by atoms with E-state index in [1.165, 1.54) is 11.3 Å². The fourth-order valence-corrected chi connectivity index (χ4v) is 3.33. The zero-order chi connectivity index (χ0) is 14.8. The summed E-state index contributed by atoms with van der Waals surface area (Å²) in [4.78, 5) is 17.4. The predicted octanol–water partition coefficient (Wildman–Crippen LogP) is 3.56. The number of carbonyl (C=O) groups is 1. The van der Waals surface area contributed by atoms with Crippen LogP contribution in [0.25, 0.3) is 10.6 Å². The van der Waals surface area contributed by atoms with E-state index in [0.717, 1.165) is 35.9 Å². The van der Waals surface area contributed by atoms with Crippen LogP contribution in [0.3, 0.4) is 0 Å². The Morgan fingerprint density at radius 3 is 2.78 bits per heavy atom. The minimum Gasteiger partial charge on any atom is -0.351 e. The van der Waals surface area contributed by atoms with Crippen LogP contribution < -0.4 is 10.6 Å². The van der Waals surface area contributed by atoms with Gasteiger partial charge in [0.1, 0.15) is 9.88 Å². The molecular formula is C15H18Cl3N3OS. The zero-order valence-corrected chi connectivity index (χ0v) is 15.7. The number of aryl methyl sites for hydroxylation is 1. The van der Waals surface area contributed by atoms with E-state index < -0.39 is 0 Å². The lowest BCUT2D eigenvalue weighted by Crippen LogP contribution is -2.48. The van der Waals surface area contributed by atoms with Crippen molar-refractivity contribution in [3.05, 3.63) is 39.9 Å². The van der Waals surface area contributed by atoms with E-state index in [9.17, 15) is 4.79 Å². The number of aromatic nitrogens is 1. The third kappa shape index (κ3) is 4.81. The number of amides is 1. The summed E-state index contributed by atoms with van der Waals surface area (Å²) in [6, 6.07) is 7.52. The molecule has 0 radical (unpaired) electrons. The second-order valence-corrected chi connectivity index (χ2v) is 6.61. The molecule has 1 aromatic carbocycles. The molecule has 1 amide bonds. The van der Waals surface area contributed by atoms with E-state index in [2.05, 4.69) is 15.6 Å². The van der Waals surface area contributed by atoms with E-state index in [0.29, 0.717) is 15.8 Å². The molecule has 8 heteroatoms. The van der Waals surface area contributed by atoms with Crippen molar-refractivity contribution in [1.82, 2.24) is 15.6 Å². The first-order chi connectivity index (χ1) is 10.1. The minimum atomic E-state index is -0.0369. The Morgan fingerprint density at radius 2 is 2.17 bits per heavy atom. The van der Waals surface area contributed by atoms with E-state index in [4.69, 9.17) is 11.6 Å².